The van der Waals surface area contributed by atoms with Gasteiger partial charge in [-0.25, -0.2) is 4.99 Å². The zero-order valence-corrected chi connectivity index (χ0v) is 11.8. The molecule has 0 bridgehead atoms. The summed E-state index contributed by atoms with van der Waals surface area (Å²) in [7, 11) is 0. The number of hydrogen-bond acceptors (Lipinski definition) is 2. The van der Waals surface area contributed by atoms with Crippen LogP contribution >= 0.6 is 22.6 Å². The molecular weight excluding hydrogens is 313 g/mol. The molecule has 2 rings (SSSR count). The van der Waals surface area contributed by atoms with Gasteiger partial charge in [-0.15, -0.1) is 0 Å². The average Bonchev–Trinajstić information content (AvgIpc) is 2.66. The molecule has 1 aromatic carbocycles. The van der Waals surface area contributed by atoms with E-state index in [-0.39, 0.29) is 0 Å². The maximum Gasteiger partial charge on any atom is 0.188 e. The number of hydrogen-bond donors (Lipinski definition) is 0. The van der Waals surface area contributed by atoms with Crippen LogP contribution in [0.5, 0.6) is 0 Å². The Morgan fingerprint density at radius 1 is 1.50 bits per heavy atom. The zero-order valence-electron chi connectivity index (χ0n) is 9.61. The van der Waals surface area contributed by atoms with E-state index in [0.29, 0.717) is 12.0 Å². The lowest BCUT2D eigenvalue weighted by atomic mass is 10.1. The van der Waals surface area contributed by atoms with Gasteiger partial charge in [-0.2, -0.15) is 0 Å². The summed E-state index contributed by atoms with van der Waals surface area (Å²) in [5.41, 5.74) is 1.27. The van der Waals surface area contributed by atoms with Crippen LogP contribution in [-0.2, 0) is 11.2 Å². The van der Waals surface area contributed by atoms with E-state index < -0.39 is 0 Å². The highest BCUT2D eigenvalue weighted by Crippen LogP contribution is 2.16. The molecule has 2 nitrogen and oxygen atoms in total. The largest absolute Gasteiger partial charge is 0.478 e. The molecule has 1 aliphatic rings. The van der Waals surface area contributed by atoms with Crippen molar-refractivity contribution in [2.75, 3.05) is 6.61 Å². The molecule has 1 aliphatic heterocycles. The Bertz CT molecular complexity index is 401. The number of aliphatic imine (C=N–C) groups is 1. The Kier molecular flexibility index (Phi) is 3.84. The maximum absolute atomic E-state index is 5.62. The molecule has 0 amide bonds. The second kappa shape index (κ2) is 5.17. The molecule has 1 atom stereocenters. The van der Waals surface area contributed by atoms with E-state index in [1.54, 1.807) is 0 Å². The quantitative estimate of drug-likeness (QED) is 0.780. The van der Waals surface area contributed by atoms with Gasteiger partial charge in [0.1, 0.15) is 6.61 Å². The SMILES string of the molecule is CC(C)C1COC(Cc2cccc(I)c2)=N1. The molecule has 1 unspecified atom stereocenters. The highest BCUT2D eigenvalue weighted by molar-refractivity contribution is 14.1. The van der Waals surface area contributed by atoms with Crippen molar-refractivity contribution in [2.45, 2.75) is 26.3 Å². The number of ether oxygens (including phenoxy) is 1. The summed E-state index contributed by atoms with van der Waals surface area (Å²) in [4.78, 5) is 4.60. The molecule has 86 valence electrons. The predicted octanol–water partition coefficient (Wildman–Crippen LogP) is 3.29. The molecule has 0 saturated heterocycles. The third-order valence-electron chi connectivity index (χ3n) is 2.74. The van der Waals surface area contributed by atoms with Crippen molar-refractivity contribution < 1.29 is 4.74 Å². The molecule has 0 spiro atoms. The van der Waals surface area contributed by atoms with Gasteiger partial charge < -0.3 is 4.74 Å². The lowest BCUT2D eigenvalue weighted by Gasteiger charge is -2.06. The molecule has 3 heteroatoms. The molecule has 0 radical (unpaired) electrons. The third kappa shape index (κ3) is 2.97. The Morgan fingerprint density at radius 3 is 2.94 bits per heavy atom. The molecule has 0 aliphatic carbocycles. The summed E-state index contributed by atoms with van der Waals surface area (Å²) in [5, 5.41) is 0. The molecule has 0 fully saturated rings. The standard InChI is InChI=1S/C13H16INO/c1-9(2)12-8-16-13(15-12)7-10-4-3-5-11(14)6-10/h3-6,9,12H,7-8H2,1-2H3. The maximum atomic E-state index is 5.62. The predicted molar refractivity (Wildman–Crippen MR) is 74.9 cm³/mol. The van der Waals surface area contributed by atoms with E-state index in [4.69, 9.17) is 4.74 Å². The Hall–Kier alpha value is -0.580. The topological polar surface area (TPSA) is 21.6 Å². The highest BCUT2D eigenvalue weighted by atomic mass is 127. The summed E-state index contributed by atoms with van der Waals surface area (Å²) in [6, 6.07) is 8.81. The van der Waals surface area contributed by atoms with Gasteiger partial charge in [0.05, 0.1) is 6.04 Å². The molecule has 1 heterocycles. The fraction of sp³-hybridized carbons (Fsp3) is 0.462. The Labute approximate surface area is 110 Å². The second-order valence-corrected chi connectivity index (χ2v) is 5.70. The van der Waals surface area contributed by atoms with E-state index in [1.807, 2.05) is 0 Å². The number of nitrogens with zero attached hydrogens (tertiary/aromatic N) is 1. The lowest BCUT2D eigenvalue weighted by molar-refractivity contribution is 0.287. The van der Waals surface area contributed by atoms with Crippen LogP contribution in [0.15, 0.2) is 29.3 Å². The first-order valence-corrected chi connectivity index (χ1v) is 6.67. The van der Waals surface area contributed by atoms with Crippen molar-refractivity contribution in [3.05, 3.63) is 33.4 Å². The number of halogens is 1. The molecule has 1 aromatic rings. The monoisotopic (exact) mass is 329 g/mol. The van der Waals surface area contributed by atoms with E-state index >= 15 is 0 Å². The van der Waals surface area contributed by atoms with E-state index in [2.05, 4.69) is 65.7 Å². The van der Waals surface area contributed by atoms with Gasteiger partial charge in [0.25, 0.3) is 0 Å². The smallest absolute Gasteiger partial charge is 0.188 e. The van der Waals surface area contributed by atoms with Crippen molar-refractivity contribution in [2.24, 2.45) is 10.9 Å². The van der Waals surface area contributed by atoms with Crippen molar-refractivity contribution in [3.63, 3.8) is 0 Å². The summed E-state index contributed by atoms with van der Waals surface area (Å²) in [6.07, 6.45) is 0.820. The zero-order chi connectivity index (χ0) is 11.5. The van der Waals surface area contributed by atoms with Crippen molar-refractivity contribution in [1.29, 1.82) is 0 Å². The molecular formula is C13H16INO. The first kappa shape index (κ1) is 11.9. The van der Waals surface area contributed by atoms with Crippen LogP contribution in [-0.4, -0.2) is 18.5 Å². The van der Waals surface area contributed by atoms with E-state index in [1.165, 1.54) is 9.13 Å². The molecule has 0 saturated carbocycles. The van der Waals surface area contributed by atoms with Crippen LogP contribution in [0.1, 0.15) is 19.4 Å². The molecule has 16 heavy (non-hydrogen) atoms. The first-order chi connectivity index (χ1) is 7.65. The second-order valence-electron chi connectivity index (χ2n) is 4.45. The molecule has 0 N–H and O–H groups in total. The normalized spacial score (nSPS) is 19.8. The number of rotatable bonds is 3. The van der Waals surface area contributed by atoms with Gasteiger partial charge in [0.2, 0.25) is 0 Å². The van der Waals surface area contributed by atoms with Crippen LogP contribution in [0.3, 0.4) is 0 Å². The number of benzene rings is 1. The fourth-order valence-electron chi connectivity index (χ4n) is 1.70. The third-order valence-corrected chi connectivity index (χ3v) is 3.42. The van der Waals surface area contributed by atoms with Gasteiger partial charge in [0, 0.05) is 9.99 Å². The van der Waals surface area contributed by atoms with Gasteiger partial charge in [-0.05, 0) is 46.2 Å². The van der Waals surface area contributed by atoms with Gasteiger partial charge in [-0.3, -0.25) is 0 Å². The summed E-state index contributed by atoms with van der Waals surface area (Å²) in [5.74, 6) is 1.45. The van der Waals surface area contributed by atoms with Crippen LogP contribution in [0.4, 0.5) is 0 Å². The molecule has 0 aromatic heterocycles. The minimum absolute atomic E-state index is 0.345. The summed E-state index contributed by atoms with van der Waals surface area (Å²) < 4.78 is 6.88. The average molecular weight is 329 g/mol. The van der Waals surface area contributed by atoms with E-state index in [0.717, 1.165) is 18.9 Å². The van der Waals surface area contributed by atoms with Crippen LogP contribution < -0.4 is 0 Å². The van der Waals surface area contributed by atoms with E-state index in [9.17, 15) is 0 Å². The van der Waals surface area contributed by atoms with Crippen molar-refractivity contribution in [1.82, 2.24) is 0 Å². The van der Waals surface area contributed by atoms with Gasteiger partial charge in [-0.1, -0.05) is 26.0 Å². The fourth-order valence-corrected chi connectivity index (χ4v) is 2.31. The lowest BCUT2D eigenvalue weighted by Crippen LogP contribution is -2.13. The minimum atomic E-state index is 0.345. The van der Waals surface area contributed by atoms with Crippen LogP contribution in [0, 0.1) is 9.49 Å². The Balaban J connectivity index is 2.03. The Morgan fingerprint density at radius 2 is 2.31 bits per heavy atom. The van der Waals surface area contributed by atoms with Gasteiger partial charge in [0.15, 0.2) is 5.90 Å². The van der Waals surface area contributed by atoms with Crippen molar-refractivity contribution >= 4 is 28.5 Å². The minimum Gasteiger partial charge on any atom is -0.478 e. The van der Waals surface area contributed by atoms with Crippen LogP contribution in [0.25, 0.3) is 0 Å². The van der Waals surface area contributed by atoms with Gasteiger partial charge >= 0.3 is 0 Å². The highest BCUT2D eigenvalue weighted by Gasteiger charge is 2.21. The summed E-state index contributed by atoms with van der Waals surface area (Å²) in [6.45, 7) is 5.12. The van der Waals surface area contributed by atoms with Crippen LogP contribution in [0.2, 0.25) is 0 Å². The summed E-state index contributed by atoms with van der Waals surface area (Å²) >= 11 is 2.33. The van der Waals surface area contributed by atoms with Crippen molar-refractivity contribution in [3.8, 4) is 0 Å². The first-order valence-electron chi connectivity index (χ1n) is 5.59.